The van der Waals surface area contributed by atoms with Crippen LogP contribution >= 0.6 is 0 Å². The monoisotopic (exact) mass is 443 g/mol. The molecule has 0 radical (unpaired) electrons. The highest BCUT2D eigenvalue weighted by Crippen LogP contribution is 2.48. The van der Waals surface area contributed by atoms with Crippen molar-refractivity contribution in [3.8, 4) is 28.7 Å². The number of carbonyl (C=O) groups is 1. The van der Waals surface area contributed by atoms with Crippen LogP contribution in [-0.2, 0) is 6.42 Å². The van der Waals surface area contributed by atoms with Crippen molar-refractivity contribution in [1.29, 1.82) is 0 Å². The van der Waals surface area contributed by atoms with E-state index in [0.717, 1.165) is 37.9 Å². The molecule has 0 bridgehead atoms. The van der Waals surface area contributed by atoms with Crippen LogP contribution in [0.15, 0.2) is 30.3 Å². The molecule has 0 saturated carbocycles. The van der Waals surface area contributed by atoms with Gasteiger partial charge in [-0.1, -0.05) is 12.1 Å². The molecule has 8 heteroatoms. The van der Waals surface area contributed by atoms with Gasteiger partial charge in [0.15, 0.2) is 11.5 Å². The van der Waals surface area contributed by atoms with E-state index in [4.69, 9.17) is 24.7 Å². The fourth-order valence-electron chi connectivity index (χ4n) is 3.99. The molecule has 3 N–H and O–H groups in total. The summed E-state index contributed by atoms with van der Waals surface area (Å²) in [7, 11) is 6.58. The van der Waals surface area contributed by atoms with Crippen LogP contribution in [0.2, 0.25) is 0 Å². The van der Waals surface area contributed by atoms with Crippen LogP contribution < -0.4 is 30.0 Å². The number of nitrogens with zero attached hydrogens (tertiary/aromatic N) is 1. The second kappa shape index (κ2) is 11.1. The predicted octanol–water partition coefficient (Wildman–Crippen LogP) is 2.83. The van der Waals surface area contributed by atoms with Gasteiger partial charge >= 0.3 is 0 Å². The Kier molecular flexibility index (Phi) is 8.19. The molecule has 1 amide bonds. The van der Waals surface area contributed by atoms with Crippen molar-refractivity contribution in [2.24, 2.45) is 5.73 Å². The zero-order chi connectivity index (χ0) is 23.1. The number of piperidine rings is 1. The van der Waals surface area contributed by atoms with E-state index in [1.165, 1.54) is 21.3 Å². The van der Waals surface area contributed by atoms with E-state index in [2.05, 4.69) is 17.3 Å². The highest BCUT2D eigenvalue weighted by Gasteiger charge is 2.28. The van der Waals surface area contributed by atoms with Crippen molar-refractivity contribution in [3.63, 3.8) is 0 Å². The predicted molar refractivity (Wildman–Crippen MR) is 123 cm³/mol. The summed E-state index contributed by atoms with van der Waals surface area (Å²) in [6, 6.07) is 9.34. The molecule has 2 aromatic carbocycles. The van der Waals surface area contributed by atoms with Gasteiger partial charge < -0.3 is 34.9 Å². The van der Waals surface area contributed by atoms with Gasteiger partial charge in [0.05, 0.1) is 26.9 Å². The standard InChI is InChI=1S/C24H33N3O5/c1-27-13-5-6-17(15-27)26-24(28)19-14-20(22(30-3)23(31-4)21(19)29-2)32-18-9-7-16(8-10-18)11-12-25/h7-10,14,17H,5-6,11-13,15,25H2,1-4H3,(H,26,28). The second-order valence-electron chi connectivity index (χ2n) is 7.88. The summed E-state index contributed by atoms with van der Waals surface area (Å²) in [4.78, 5) is 15.4. The molecule has 174 valence electrons. The number of hydrogen-bond donors (Lipinski definition) is 2. The van der Waals surface area contributed by atoms with Crippen LogP contribution in [0.1, 0.15) is 28.8 Å². The SMILES string of the molecule is COc1c(Oc2ccc(CCN)cc2)cc(C(=O)NC2CCCN(C)C2)c(OC)c1OC. The third-order valence-electron chi connectivity index (χ3n) is 5.56. The third-order valence-corrected chi connectivity index (χ3v) is 5.56. The van der Waals surface area contributed by atoms with Crippen LogP contribution in [0, 0.1) is 0 Å². The average molecular weight is 444 g/mol. The Bertz CT molecular complexity index is 917. The number of nitrogens with two attached hydrogens (primary N) is 1. The van der Waals surface area contributed by atoms with E-state index in [0.29, 0.717) is 40.9 Å². The van der Waals surface area contributed by atoms with Crippen molar-refractivity contribution in [2.75, 3.05) is 48.0 Å². The molecule has 1 unspecified atom stereocenters. The lowest BCUT2D eigenvalue weighted by atomic mass is 10.0. The van der Waals surface area contributed by atoms with Gasteiger partial charge in [-0.05, 0) is 57.1 Å². The zero-order valence-corrected chi connectivity index (χ0v) is 19.3. The maximum atomic E-state index is 13.2. The summed E-state index contributed by atoms with van der Waals surface area (Å²) in [5, 5.41) is 3.12. The molecule has 0 spiro atoms. The van der Waals surface area contributed by atoms with Gasteiger partial charge in [-0.3, -0.25) is 4.79 Å². The molecule has 32 heavy (non-hydrogen) atoms. The van der Waals surface area contributed by atoms with Crippen LogP contribution in [0.25, 0.3) is 0 Å². The smallest absolute Gasteiger partial charge is 0.255 e. The topological polar surface area (TPSA) is 95.3 Å². The van der Waals surface area contributed by atoms with Gasteiger partial charge in [-0.2, -0.15) is 0 Å². The molecule has 8 nitrogen and oxygen atoms in total. The zero-order valence-electron chi connectivity index (χ0n) is 19.3. The highest BCUT2D eigenvalue weighted by atomic mass is 16.5. The maximum absolute atomic E-state index is 13.2. The van der Waals surface area contributed by atoms with Gasteiger partial charge in [0.2, 0.25) is 11.5 Å². The maximum Gasteiger partial charge on any atom is 0.255 e. The molecule has 1 aliphatic heterocycles. The Hall–Kier alpha value is -2.97. The Morgan fingerprint density at radius 2 is 1.78 bits per heavy atom. The lowest BCUT2D eigenvalue weighted by Gasteiger charge is -2.30. The average Bonchev–Trinajstić information content (AvgIpc) is 2.79. The number of benzene rings is 2. The molecule has 1 atom stereocenters. The molecule has 0 aromatic heterocycles. The molecule has 1 saturated heterocycles. The van der Waals surface area contributed by atoms with E-state index >= 15 is 0 Å². The Morgan fingerprint density at radius 3 is 2.38 bits per heavy atom. The van der Waals surface area contributed by atoms with Crippen LogP contribution in [0.4, 0.5) is 0 Å². The second-order valence-corrected chi connectivity index (χ2v) is 7.88. The van der Waals surface area contributed by atoms with E-state index in [-0.39, 0.29) is 11.9 Å². The minimum Gasteiger partial charge on any atom is -0.492 e. The van der Waals surface area contributed by atoms with Crippen molar-refractivity contribution in [1.82, 2.24) is 10.2 Å². The number of hydrogen-bond acceptors (Lipinski definition) is 7. The first-order valence-electron chi connectivity index (χ1n) is 10.8. The van der Waals surface area contributed by atoms with Crippen LogP contribution in [0.5, 0.6) is 28.7 Å². The molecule has 1 heterocycles. The van der Waals surface area contributed by atoms with Gasteiger partial charge in [-0.15, -0.1) is 0 Å². The van der Waals surface area contributed by atoms with E-state index in [9.17, 15) is 4.79 Å². The first-order chi connectivity index (χ1) is 15.5. The number of likely N-dealkylation sites (N-methyl/N-ethyl adjacent to an activating group) is 1. The molecule has 3 rings (SSSR count). The molecular formula is C24H33N3O5. The van der Waals surface area contributed by atoms with Crippen LogP contribution in [-0.4, -0.2) is 64.9 Å². The van der Waals surface area contributed by atoms with Gasteiger partial charge in [0.25, 0.3) is 5.91 Å². The first kappa shape index (κ1) is 23.7. The summed E-state index contributed by atoms with van der Waals surface area (Å²) in [5.41, 5.74) is 7.07. The summed E-state index contributed by atoms with van der Waals surface area (Å²) < 4.78 is 22.8. The summed E-state index contributed by atoms with van der Waals surface area (Å²) in [6.07, 6.45) is 2.77. The molecule has 0 aliphatic carbocycles. The van der Waals surface area contributed by atoms with E-state index in [1.807, 2.05) is 24.3 Å². The fourth-order valence-corrected chi connectivity index (χ4v) is 3.99. The number of methoxy groups -OCH3 is 3. The van der Waals surface area contributed by atoms with E-state index in [1.54, 1.807) is 6.07 Å². The Morgan fingerprint density at radius 1 is 1.09 bits per heavy atom. The first-order valence-corrected chi connectivity index (χ1v) is 10.8. The van der Waals surface area contributed by atoms with Gasteiger partial charge in [0, 0.05) is 18.7 Å². The van der Waals surface area contributed by atoms with Crippen molar-refractivity contribution < 1.29 is 23.7 Å². The Balaban J connectivity index is 1.94. The lowest BCUT2D eigenvalue weighted by molar-refractivity contribution is 0.0908. The molecular weight excluding hydrogens is 410 g/mol. The third kappa shape index (κ3) is 5.44. The largest absolute Gasteiger partial charge is 0.492 e. The number of ether oxygens (including phenoxy) is 4. The highest BCUT2D eigenvalue weighted by molar-refractivity contribution is 5.99. The number of rotatable bonds is 9. The molecule has 2 aromatic rings. The summed E-state index contributed by atoms with van der Waals surface area (Å²) >= 11 is 0. The van der Waals surface area contributed by atoms with Crippen LogP contribution in [0.3, 0.4) is 0 Å². The fraction of sp³-hybridized carbons (Fsp3) is 0.458. The molecule has 1 fully saturated rings. The quantitative estimate of drug-likeness (QED) is 0.615. The normalized spacial score (nSPS) is 16.3. The van der Waals surface area contributed by atoms with Gasteiger partial charge in [-0.25, -0.2) is 0 Å². The van der Waals surface area contributed by atoms with Gasteiger partial charge in [0.1, 0.15) is 5.75 Å². The summed E-state index contributed by atoms with van der Waals surface area (Å²) in [6.45, 7) is 2.42. The lowest BCUT2D eigenvalue weighted by Crippen LogP contribution is -2.46. The van der Waals surface area contributed by atoms with E-state index < -0.39 is 0 Å². The van der Waals surface area contributed by atoms with Crippen molar-refractivity contribution in [2.45, 2.75) is 25.3 Å². The Labute approximate surface area is 189 Å². The number of amides is 1. The minimum atomic E-state index is -0.244. The summed E-state index contributed by atoms with van der Waals surface area (Å²) in [5.74, 6) is 1.68. The van der Waals surface area contributed by atoms with Crippen molar-refractivity contribution >= 4 is 5.91 Å². The number of nitrogens with one attached hydrogen (secondary N) is 1. The number of carbonyl (C=O) groups excluding carboxylic acids is 1. The number of likely N-dealkylation sites (tertiary alicyclic amines) is 1. The van der Waals surface area contributed by atoms with Crippen molar-refractivity contribution in [3.05, 3.63) is 41.5 Å². The minimum absolute atomic E-state index is 0.0681. The molecule has 1 aliphatic rings.